The molecule has 2 heterocycles. The maximum Gasteiger partial charge on any atom is 0.250 e. The Balaban J connectivity index is 1.87. The van der Waals surface area contributed by atoms with E-state index in [1.165, 1.54) is 5.06 Å². The summed E-state index contributed by atoms with van der Waals surface area (Å²) in [5.74, 6) is 0.316. The maximum atomic E-state index is 11.8. The first-order valence-electron chi connectivity index (χ1n) is 5.03. The van der Waals surface area contributed by atoms with E-state index in [1.54, 1.807) is 0 Å². The number of carbonyl (C=O) groups is 1. The highest BCUT2D eigenvalue weighted by Gasteiger charge is 2.28. The van der Waals surface area contributed by atoms with Gasteiger partial charge < -0.3 is 5.32 Å². The molecule has 2 fully saturated rings. The summed E-state index contributed by atoms with van der Waals surface area (Å²) in [4.78, 5) is 17.0. The summed E-state index contributed by atoms with van der Waals surface area (Å²) >= 11 is 0. The quantitative estimate of drug-likeness (QED) is 0.630. The fourth-order valence-electron chi connectivity index (χ4n) is 1.89. The van der Waals surface area contributed by atoms with Crippen LogP contribution in [0.4, 0.5) is 0 Å². The summed E-state index contributed by atoms with van der Waals surface area (Å²) in [5.41, 5.74) is 0. The average molecular weight is 184 g/mol. The van der Waals surface area contributed by atoms with E-state index in [4.69, 9.17) is 4.84 Å². The van der Waals surface area contributed by atoms with Gasteiger partial charge in [0.25, 0.3) is 5.91 Å². The molecule has 1 N–H and O–H groups in total. The largest absolute Gasteiger partial charge is 0.316 e. The summed E-state index contributed by atoms with van der Waals surface area (Å²) in [5, 5.41) is 4.78. The fourth-order valence-corrected chi connectivity index (χ4v) is 1.89. The second-order valence-electron chi connectivity index (χ2n) is 3.67. The van der Waals surface area contributed by atoms with Crippen molar-refractivity contribution in [2.24, 2.45) is 5.92 Å². The molecular weight excluding hydrogens is 168 g/mol. The smallest absolute Gasteiger partial charge is 0.250 e. The lowest BCUT2D eigenvalue weighted by Crippen LogP contribution is -2.41. The molecule has 2 rings (SSSR count). The molecule has 1 atom stereocenters. The monoisotopic (exact) mass is 184 g/mol. The van der Waals surface area contributed by atoms with E-state index < -0.39 is 0 Å². The molecule has 2 saturated heterocycles. The van der Waals surface area contributed by atoms with E-state index in [0.717, 1.165) is 38.9 Å². The minimum absolute atomic E-state index is 0.145. The highest BCUT2D eigenvalue weighted by molar-refractivity contribution is 5.78. The highest BCUT2D eigenvalue weighted by atomic mass is 16.7. The van der Waals surface area contributed by atoms with Gasteiger partial charge in [0.05, 0.1) is 19.1 Å². The van der Waals surface area contributed by atoms with Crippen LogP contribution in [0, 0.1) is 5.92 Å². The molecule has 13 heavy (non-hydrogen) atoms. The summed E-state index contributed by atoms with van der Waals surface area (Å²) in [6, 6.07) is 0. The average Bonchev–Trinajstić information content (AvgIpc) is 2.71. The number of nitrogens with zero attached hydrogens (tertiary/aromatic N) is 1. The predicted octanol–water partition coefficient (Wildman–Crippen LogP) is 0.150. The van der Waals surface area contributed by atoms with Crippen LogP contribution in [0.15, 0.2) is 0 Å². The van der Waals surface area contributed by atoms with Gasteiger partial charge in [0.2, 0.25) is 0 Å². The van der Waals surface area contributed by atoms with Crippen LogP contribution in [-0.4, -0.2) is 37.2 Å². The number of rotatable bonds is 1. The van der Waals surface area contributed by atoms with Gasteiger partial charge in [-0.05, 0) is 25.8 Å². The molecule has 2 aliphatic rings. The van der Waals surface area contributed by atoms with Crippen molar-refractivity contribution in [1.82, 2.24) is 10.4 Å². The first-order chi connectivity index (χ1) is 6.38. The molecule has 4 nitrogen and oxygen atoms in total. The molecule has 1 unspecified atom stereocenters. The zero-order valence-corrected chi connectivity index (χ0v) is 7.79. The summed E-state index contributed by atoms with van der Waals surface area (Å²) in [6.45, 7) is 3.34. The summed E-state index contributed by atoms with van der Waals surface area (Å²) in [7, 11) is 0. The van der Waals surface area contributed by atoms with Crippen LogP contribution >= 0.6 is 0 Å². The number of hydrogen-bond acceptors (Lipinski definition) is 3. The molecule has 0 saturated carbocycles. The van der Waals surface area contributed by atoms with Crippen molar-refractivity contribution in [2.75, 3.05) is 26.2 Å². The number of hydroxylamine groups is 2. The molecule has 0 aromatic carbocycles. The molecule has 0 aromatic rings. The van der Waals surface area contributed by atoms with Gasteiger partial charge in [-0.2, -0.15) is 0 Å². The molecular formula is C9H16N2O2. The third kappa shape index (κ3) is 2.00. The van der Waals surface area contributed by atoms with Gasteiger partial charge in [0.15, 0.2) is 0 Å². The van der Waals surface area contributed by atoms with Gasteiger partial charge in [0, 0.05) is 6.54 Å². The molecule has 0 radical (unpaired) electrons. The Morgan fingerprint density at radius 2 is 2.38 bits per heavy atom. The van der Waals surface area contributed by atoms with Crippen molar-refractivity contribution < 1.29 is 9.63 Å². The molecule has 4 heteroatoms. The topological polar surface area (TPSA) is 41.6 Å². The SMILES string of the molecule is O=C(C1CCCNC1)N1CCCO1. The standard InChI is InChI=1S/C9H16N2O2/c12-9(11-5-2-6-13-11)8-3-1-4-10-7-8/h8,10H,1-7H2. The Kier molecular flexibility index (Phi) is 2.80. The molecule has 0 aliphatic carbocycles. The van der Waals surface area contributed by atoms with E-state index in [-0.39, 0.29) is 11.8 Å². The van der Waals surface area contributed by atoms with E-state index >= 15 is 0 Å². The van der Waals surface area contributed by atoms with Gasteiger partial charge in [-0.15, -0.1) is 0 Å². The van der Waals surface area contributed by atoms with Gasteiger partial charge in [-0.1, -0.05) is 0 Å². The number of carbonyl (C=O) groups excluding carboxylic acids is 1. The predicted molar refractivity (Wildman–Crippen MR) is 47.9 cm³/mol. The molecule has 0 aromatic heterocycles. The fraction of sp³-hybridized carbons (Fsp3) is 0.889. The number of hydrogen-bond donors (Lipinski definition) is 1. The zero-order valence-electron chi connectivity index (χ0n) is 7.79. The van der Waals surface area contributed by atoms with Crippen molar-refractivity contribution in [3.8, 4) is 0 Å². The van der Waals surface area contributed by atoms with Crippen molar-refractivity contribution >= 4 is 5.91 Å². The van der Waals surface area contributed by atoms with Crippen molar-refractivity contribution in [1.29, 1.82) is 0 Å². The van der Waals surface area contributed by atoms with E-state index in [9.17, 15) is 4.79 Å². The summed E-state index contributed by atoms with van der Waals surface area (Å²) < 4.78 is 0. The van der Waals surface area contributed by atoms with E-state index in [0.29, 0.717) is 6.61 Å². The Bertz CT molecular complexity index is 184. The van der Waals surface area contributed by atoms with Crippen LogP contribution in [-0.2, 0) is 9.63 Å². The Morgan fingerprint density at radius 1 is 1.46 bits per heavy atom. The number of amides is 1. The Labute approximate surface area is 78.2 Å². The van der Waals surface area contributed by atoms with E-state index in [1.807, 2.05) is 0 Å². The van der Waals surface area contributed by atoms with Crippen LogP contribution in [0.1, 0.15) is 19.3 Å². The van der Waals surface area contributed by atoms with Gasteiger partial charge in [0.1, 0.15) is 0 Å². The Hall–Kier alpha value is -0.610. The lowest BCUT2D eigenvalue weighted by Gasteiger charge is -2.25. The third-order valence-corrected chi connectivity index (χ3v) is 2.64. The van der Waals surface area contributed by atoms with Crippen LogP contribution in [0.25, 0.3) is 0 Å². The van der Waals surface area contributed by atoms with Gasteiger partial charge in [-0.3, -0.25) is 9.63 Å². The molecule has 2 aliphatic heterocycles. The number of piperidine rings is 1. The highest BCUT2D eigenvalue weighted by Crippen LogP contribution is 2.16. The van der Waals surface area contributed by atoms with Crippen LogP contribution < -0.4 is 5.32 Å². The van der Waals surface area contributed by atoms with Crippen LogP contribution in [0.5, 0.6) is 0 Å². The first kappa shape index (κ1) is 8.97. The zero-order chi connectivity index (χ0) is 9.10. The molecule has 74 valence electrons. The lowest BCUT2D eigenvalue weighted by atomic mass is 9.99. The Morgan fingerprint density at radius 3 is 3.00 bits per heavy atom. The second kappa shape index (κ2) is 4.07. The van der Waals surface area contributed by atoms with Crippen molar-refractivity contribution in [2.45, 2.75) is 19.3 Å². The molecule has 0 bridgehead atoms. The third-order valence-electron chi connectivity index (χ3n) is 2.64. The van der Waals surface area contributed by atoms with Crippen molar-refractivity contribution in [3.63, 3.8) is 0 Å². The van der Waals surface area contributed by atoms with Crippen LogP contribution in [0.3, 0.4) is 0 Å². The lowest BCUT2D eigenvalue weighted by molar-refractivity contribution is -0.173. The normalized spacial score (nSPS) is 29.2. The summed E-state index contributed by atoms with van der Waals surface area (Å²) in [6.07, 6.45) is 3.09. The molecule has 1 amide bonds. The second-order valence-corrected chi connectivity index (χ2v) is 3.67. The molecule has 0 spiro atoms. The number of nitrogens with one attached hydrogen (secondary N) is 1. The maximum absolute atomic E-state index is 11.8. The van der Waals surface area contributed by atoms with Gasteiger partial charge in [-0.25, -0.2) is 5.06 Å². The first-order valence-corrected chi connectivity index (χ1v) is 5.03. The van der Waals surface area contributed by atoms with Crippen molar-refractivity contribution in [3.05, 3.63) is 0 Å². The van der Waals surface area contributed by atoms with Gasteiger partial charge >= 0.3 is 0 Å². The minimum atomic E-state index is 0.145. The van der Waals surface area contributed by atoms with Crippen LogP contribution in [0.2, 0.25) is 0 Å². The van der Waals surface area contributed by atoms with E-state index in [2.05, 4.69) is 5.32 Å². The minimum Gasteiger partial charge on any atom is -0.316 e.